The third-order valence-electron chi connectivity index (χ3n) is 4.18. The third kappa shape index (κ3) is 4.79. The summed E-state index contributed by atoms with van der Waals surface area (Å²) in [6.45, 7) is 3.51. The molecule has 0 aliphatic carbocycles. The summed E-state index contributed by atoms with van der Waals surface area (Å²) < 4.78 is 0. The highest BCUT2D eigenvalue weighted by molar-refractivity contribution is 6.36. The van der Waals surface area contributed by atoms with Crippen LogP contribution in [0.2, 0.25) is 15.1 Å². The quantitative estimate of drug-likeness (QED) is 0.790. The van der Waals surface area contributed by atoms with Gasteiger partial charge in [0.1, 0.15) is 0 Å². The summed E-state index contributed by atoms with van der Waals surface area (Å²) >= 11 is 18.4. The first-order chi connectivity index (χ1) is 12.0. The maximum absolute atomic E-state index is 12.4. The number of nitrogens with zero attached hydrogens (tertiary/aromatic N) is 2. The number of halogens is 3. The van der Waals surface area contributed by atoms with Gasteiger partial charge in [0.25, 0.3) is 0 Å². The van der Waals surface area contributed by atoms with Crippen molar-refractivity contribution < 1.29 is 4.79 Å². The number of benzene rings is 2. The van der Waals surface area contributed by atoms with Crippen LogP contribution in [0.15, 0.2) is 42.5 Å². The molecule has 1 fully saturated rings. The highest BCUT2D eigenvalue weighted by Gasteiger charge is 2.22. The summed E-state index contributed by atoms with van der Waals surface area (Å²) in [6, 6.07) is 12.5. The molecule has 0 atom stereocenters. The van der Waals surface area contributed by atoms with Crippen LogP contribution < -0.4 is 5.32 Å². The van der Waals surface area contributed by atoms with Crippen LogP contribution >= 0.6 is 34.8 Å². The zero-order chi connectivity index (χ0) is 17.8. The minimum Gasteiger partial charge on any atom is -0.322 e. The fraction of sp³-hybridized carbons (Fsp3) is 0.278. The highest BCUT2D eigenvalue weighted by atomic mass is 35.5. The molecule has 1 heterocycles. The van der Waals surface area contributed by atoms with Gasteiger partial charge in [-0.3, -0.25) is 4.90 Å². The van der Waals surface area contributed by atoms with Crippen molar-refractivity contribution in [3.05, 3.63) is 63.1 Å². The first-order valence-corrected chi connectivity index (χ1v) is 9.13. The van der Waals surface area contributed by atoms with Crippen LogP contribution in [0.25, 0.3) is 0 Å². The Kier molecular flexibility index (Phi) is 6.07. The molecule has 1 aliphatic heterocycles. The number of nitrogens with one attached hydrogen (secondary N) is 1. The number of amides is 2. The van der Waals surface area contributed by atoms with Crippen LogP contribution in [-0.2, 0) is 6.54 Å². The molecule has 0 unspecified atom stereocenters. The smallest absolute Gasteiger partial charge is 0.321 e. The van der Waals surface area contributed by atoms with Gasteiger partial charge in [-0.1, -0.05) is 46.9 Å². The molecule has 1 N–H and O–H groups in total. The first-order valence-electron chi connectivity index (χ1n) is 7.99. The molecule has 1 saturated heterocycles. The maximum Gasteiger partial charge on any atom is 0.321 e. The molecule has 3 rings (SSSR count). The number of hydrogen-bond donors (Lipinski definition) is 1. The van der Waals surface area contributed by atoms with Gasteiger partial charge in [0.05, 0.1) is 0 Å². The number of rotatable bonds is 3. The van der Waals surface area contributed by atoms with Crippen LogP contribution in [0.4, 0.5) is 10.5 Å². The number of anilines is 1. The van der Waals surface area contributed by atoms with Gasteiger partial charge in [-0.25, -0.2) is 4.79 Å². The van der Waals surface area contributed by atoms with E-state index in [-0.39, 0.29) is 6.03 Å². The second-order valence-electron chi connectivity index (χ2n) is 5.90. The van der Waals surface area contributed by atoms with Crippen molar-refractivity contribution in [2.24, 2.45) is 0 Å². The van der Waals surface area contributed by atoms with Crippen molar-refractivity contribution in [2.75, 3.05) is 31.5 Å². The average Bonchev–Trinajstić information content (AvgIpc) is 2.59. The fourth-order valence-corrected chi connectivity index (χ4v) is 3.49. The molecule has 0 spiro atoms. The second kappa shape index (κ2) is 8.28. The number of urea groups is 1. The first kappa shape index (κ1) is 18.3. The Balaban J connectivity index is 1.54. The van der Waals surface area contributed by atoms with Gasteiger partial charge in [-0.15, -0.1) is 0 Å². The van der Waals surface area contributed by atoms with Crippen molar-refractivity contribution in [1.82, 2.24) is 9.80 Å². The van der Waals surface area contributed by atoms with E-state index in [1.54, 1.807) is 17.0 Å². The van der Waals surface area contributed by atoms with Gasteiger partial charge in [-0.2, -0.15) is 0 Å². The zero-order valence-corrected chi connectivity index (χ0v) is 15.8. The summed E-state index contributed by atoms with van der Waals surface area (Å²) in [5.74, 6) is 0. The second-order valence-corrected chi connectivity index (χ2v) is 7.15. The van der Waals surface area contributed by atoms with Crippen LogP contribution in [0.5, 0.6) is 0 Å². The van der Waals surface area contributed by atoms with E-state index in [4.69, 9.17) is 34.8 Å². The molecule has 0 aromatic heterocycles. The summed E-state index contributed by atoms with van der Waals surface area (Å²) in [5, 5.41) is 4.82. The summed E-state index contributed by atoms with van der Waals surface area (Å²) in [5.41, 5.74) is 1.63. The van der Waals surface area contributed by atoms with Crippen molar-refractivity contribution in [2.45, 2.75) is 6.54 Å². The van der Waals surface area contributed by atoms with Gasteiger partial charge in [0.15, 0.2) is 0 Å². The maximum atomic E-state index is 12.4. The van der Waals surface area contributed by atoms with Crippen LogP contribution in [0.3, 0.4) is 0 Å². The molecule has 25 heavy (non-hydrogen) atoms. The van der Waals surface area contributed by atoms with Crippen molar-refractivity contribution in [1.29, 1.82) is 0 Å². The standard InChI is InChI=1S/C18H18Cl3N3O/c19-13-3-1-4-14(11-13)22-18(25)24-9-7-23(8-10-24)12-15-16(20)5-2-6-17(15)21/h1-6,11H,7-10,12H2,(H,22,25). The van der Waals surface area contributed by atoms with Crippen molar-refractivity contribution in [3.63, 3.8) is 0 Å². The molecule has 7 heteroatoms. The molecular formula is C18H18Cl3N3O. The Morgan fingerprint density at radius 1 is 0.960 bits per heavy atom. The summed E-state index contributed by atoms with van der Waals surface area (Å²) in [6.07, 6.45) is 0. The molecule has 4 nitrogen and oxygen atoms in total. The zero-order valence-electron chi connectivity index (χ0n) is 13.5. The highest BCUT2D eigenvalue weighted by Crippen LogP contribution is 2.26. The monoisotopic (exact) mass is 397 g/mol. The fourth-order valence-electron chi connectivity index (χ4n) is 2.78. The van der Waals surface area contributed by atoms with E-state index in [0.29, 0.717) is 40.4 Å². The Labute approximate surface area is 162 Å². The number of piperazine rings is 1. The molecule has 2 amide bonds. The lowest BCUT2D eigenvalue weighted by Gasteiger charge is -2.35. The van der Waals surface area contributed by atoms with E-state index in [9.17, 15) is 4.79 Å². The van der Waals surface area contributed by atoms with E-state index in [0.717, 1.165) is 18.7 Å². The van der Waals surface area contributed by atoms with Crippen LogP contribution in [-0.4, -0.2) is 42.0 Å². The normalized spacial score (nSPS) is 15.2. The van der Waals surface area contributed by atoms with Gasteiger partial charge in [0.2, 0.25) is 0 Å². The molecule has 2 aromatic rings. The predicted molar refractivity (Wildman–Crippen MR) is 104 cm³/mol. The minimum absolute atomic E-state index is 0.113. The topological polar surface area (TPSA) is 35.6 Å². The molecule has 1 aliphatic rings. The summed E-state index contributed by atoms with van der Waals surface area (Å²) in [4.78, 5) is 16.4. The lowest BCUT2D eigenvalue weighted by molar-refractivity contribution is 0.143. The molecular weight excluding hydrogens is 381 g/mol. The lowest BCUT2D eigenvalue weighted by atomic mass is 10.2. The number of carbonyl (C=O) groups is 1. The third-order valence-corrected chi connectivity index (χ3v) is 5.12. The summed E-state index contributed by atoms with van der Waals surface area (Å²) in [7, 11) is 0. The van der Waals surface area contributed by atoms with Crippen LogP contribution in [0, 0.1) is 0 Å². The average molecular weight is 399 g/mol. The van der Waals surface area contributed by atoms with Crippen molar-refractivity contribution >= 4 is 46.5 Å². The van der Waals surface area contributed by atoms with E-state index in [1.165, 1.54) is 0 Å². The molecule has 0 radical (unpaired) electrons. The predicted octanol–water partition coefficient (Wildman–Crippen LogP) is 5.00. The van der Waals surface area contributed by atoms with E-state index >= 15 is 0 Å². The van der Waals surface area contributed by atoms with Gasteiger partial charge in [-0.05, 0) is 30.3 Å². The number of carbonyl (C=O) groups excluding carboxylic acids is 1. The Morgan fingerprint density at radius 2 is 1.60 bits per heavy atom. The van der Waals surface area contributed by atoms with E-state index in [1.807, 2.05) is 30.3 Å². The van der Waals surface area contributed by atoms with Gasteiger partial charge < -0.3 is 10.2 Å². The van der Waals surface area contributed by atoms with E-state index < -0.39 is 0 Å². The molecule has 0 bridgehead atoms. The minimum atomic E-state index is -0.113. The Bertz CT molecular complexity index is 741. The van der Waals surface area contributed by atoms with Gasteiger partial charge >= 0.3 is 6.03 Å². The Hall–Kier alpha value is -1.46. The number of hydrogen-bond acceptors (Lipinski definition) is 2. The van der Waals surface area contributed by atoms with Crippen molar-refractivity contribution in [3.8, 4) is 0 Å². The molecule has 2 aromatic carbocycles. The van der Waals surface area contributed by atoms with Gasteiger partial charge in [0, 0.05) is 59.0 Å². The van der Waals surface area contributed by atoms with E-state index in [2.05, 4.69) is 10.2 Å². The SMILES string of the molecule is O=C(Nc1cccc(Cl)c1)N1CCN(Cc2c(Cl)cccc2Cl)CC1. The largest absolute Gasteiger partial charge is 0.322 e. The van der Waals surface area contributed by atoms with Crippen LogP contribution in [0.1, 0.15) is 5.56 Å². The Morgan fingerprint density at radius 3 is 2.24 bits per heavy atom. The molecule has 0 saturated carbocycles. The lowest BCUT2D eigenvalue weighted by Crippen LogP contribution is -2.49. The molecule has 132 valence electrons.